The fourth-order valence-electron chi connectivity index (χ4n) is 1.65. The lowest BCUT2D eigenvalue weighted by atomic mass is 10.0. The lowest BCUT2D eigenvalue weighted by Gasteiger charge is -2.20. The minimum absolute atomic E-state index is 0.0806. The van der Waals surface area contributed by atoms with E-state index >= 15 is 0 Å². The molecule has 0 radical (unpaired) electrons. The van der Waals surface area contributed by atoms with Crippen molar-refractivity contribution >= 4 is 5.97 Å². The third-order valence-electron chi connectivity index (χ3n) is 2.72. The van der Waals surface area contributed by atoms with E-state index in [1.165, 1.54) is 24.3 Å². The molecule has 100 valence electrons. The van der Waals surface area contributed by atoms with Crippen molar-refractivity contribution < 1.29 is 19.4 Å². The van der Waals surface area contributed by atoms with E-state index in [2.05, 4.69) is 5.32 Å². The van der Waals surface area contributed by atoms with Gasteiger partial charge >= 0.3 is 5.97 Å². The van der Waals surface area contributed by atoms with Crippen LogP contribution < -0.4 is 5.32 Å². The van der Waals surface area contributed by atoms with Gasteiger partial charge in [-0.05, 0) is 23.6 Å². The van der Waals surface area contributed by atoms with E-state index < -0.39 is 18.1 Å². The Kier molecular flexibility index (Phi) is 5.25. The highest BCUT2D eigenvalue weighted by atomic mass is 19.1. The first-order valence-corrected chi connectivity index (χ1v) is 5.81. The van der Waals surface area contributed by atoms with Crippen molar-refractivity contribution in [2.24, 2.45) is 5.92 Å². The molecule has 0 aliphatic rings. The van der Waals surface area contributed by atoms with E-state index in [-0.39, 0.29) is 18.3 Å². The normalized spacial score (nSPS) is 14.5. The fraction of sp³-hybridized carbons (Fsp3) is 0.462. The number of carboxylic acids is 1. The SMILES string of the molecule is CC(C)C(NCC(O)c1ccc(F)cc1)C(=O)O. The van der Waals surface area contributed by atoms with Crippen molar-refractivity contribution in [2.45, 2.75) is 26.0 Å². The summed E-state index contributed by atoms with van der Waals surface area (Å²) in [5.41, 5.74) is 0.553. The minimum Gasteiger partial charge on any atom is -0.480 e. The summed E-state index contributed by atoms with van der Waals surface area (Å²) in [6, 6.07) is 4.77. The smallest absolute Gasteiger partial charge is 0.320 e. The first-order chi connectivity index (χ1) is 8.41. The molecular formula is C13H18FNO3. The second-order valence-corrected chi connectivity index (χ2v) is 4.54. The molecule has 0 aromatic heterocycles. The Balaban J connectivity index is 2.57. The van der Waals surface area contributed by atoms with E-state index in [1.54, 1.807) is 13.8 Å². The molecule has 0 spiro atoms. The Morgan fingerprint density at radius 2 is 1.89 bits per heavy atom. The molecule has 5 heteroatoms. The van der Waals surface area contributed by atoms with E-state index in [1.807, 2.05) is 0 Å². The van der Waals surface area contributed by atoms with Crippen LogP contribution in [0, 0.1) is 11.7 Å². The molecule has 0 heterocycles. The first-order valence-electron chi connectivity index (χ1n) is 5.81. The van der Waals surface area contributed by atoms with Gasteiger partial charge in [0.15, 0.2) is 0 Å². The summed E-state index contributed by atoms with van der Waals surface area (Å²) in [6.07, 6.45) is -0.855. The number of aliphatic hydroxyl groups is 1. The van der Waals surface area contributed by atoms with Crippen LogP contribution in [0.4, 0.5) is 4.39 Å². The van der Waals surface area contributed by atoms with Crippen molar-refractivity contribution in [3.63, 3.8) is 0 Å². The van der Waals surface area contributed by atoms with E-state index in [0.29, 0.717) is 5.56 Å². The molecule has 0 saturated carbocycles. The first kappa shape index (κ1) is 14.6. The van der Waals surface area contributed by atoms with Gasteiger partial charge in [0.1, 0.15) is 11.9 Å². The van der Waals surface area contributed by atoms with Crippen LogP contribution in [-0.4, -0.2) is 28.8 Å². The number of carboxylic acid groups (broad SMARTS) is 1. The number of aliphatic hydroxyl groups excluding tert-OH is 1. The Labute approximate surface area is 105 Å². The Morgan fingerprint density at radius 1 is 1.33 bits per heavy atom. The van der Waals surface area contributed by atoms with Crippen molar-refractivity contribution in [1.82, 2.24) is 5.32 Å². The minimum atomic E-state index is -0.948. The second-order valence-electron chi connectivity index (χ2n) is 4.54. The molecular weight excluding hydrogens is 237 g/mol. The zero-order valence-corrected chi connectivity index (χ0v) is 10.4. The maximum absolute atomic E-state index is 12.7. The van der Waals surface area contributed by atoms with Gasteiger partial charge in [-0.15, -0.1) is 0 Å². The molecule has 0 saturated heterocycles. The van der Waals surface area contributed by atoms with Gasteiger partial charge in [-0.25, -0.2) is 4.39 Å². The monoisotopic (exact) mass is 255 g/mol. The lowest BCUT2D eigenvalue weighted by Crippen LogP contribution is -2.42. The molecule has 2 atom stereocenters. The van der Waals surface area contributed by atoms with Crippen molar-refractivity contribution in [1.29, 1.82) is 0 Å². The van der Waals surface area contributed by atoms with Crippen molar-refractivity contribution in [3.05, 3.63) is 35.6 Å². The number of halogens is 1. The van der Waals surface area contributed by atoms with Crippen molar-refractivity contribution in [2.75, 3.05) is 6.54 Å². The van der Waals surface area contributed by atoms with Gasteiger partial charge in [-0.3, -0.25) is 4.79 Å². The van der Waals surface area contributed by atoms with Crippen LogP contribution in [0.3, 0.4) is 0 Å². The van der Waals surface area contributed by atoms with Crippen LogP contribution in [0.25, 0.3) is 0 Å². The van der Waals surface area contributed by atoms with Gasteiger partial charge in [0.05, 0.1) is 6.10 Å². The third kappa shape index (κ3) is 4.09. The van der Waals surface area contributed by atoms with E-state index in [9.17, 15) is 14.3 Å². The Bertz CT molecular complexity index is 392. The van der Waals surface area contributed by atoms with Crippen LogP contribution >= 0.6 is 0 Å². The van der Waals surface area contributed by atoms with E-state index in [4.69, 9.17) is 5.11 Å². The summed E-state index contributed by atoms with van der Waals surface area (Å²) in [5.74, 6) is -1.40. The Morgan fingerprint density at radius 3 is 2.33 bits per heavy atom. The summed E-state index contributed by atoms with van der Waals surface area (Å²) in [4.78, 5) is 10.9. The second kappa shape index (κ2) is 6.47. The largest absolute Gasteiger partial charge is 0.480 e. The molecule has 1 rings (SSSR count). The van der Waals surface area contributed by atoms with Crippen molar-refractivity contribution in [3.8, 4) is 0 Å². The van der Waals surface area contributed by atoms with Gasteiger partial charge < -0.3 is 15.5 Å². The molecule has 0 bridgehead atoms. The molecule has 1 aromatic rings. The number of aliphatic carboxylic acids is 1. The molecule has 3 N–H and O–H groups in total. The maximum Gasteiger partial charge on any atom is 0.320 e. The summed E-state index contributed by atoms with van der Waals surface area (Å²) >= 11 is 0. The highest BCUT2D eigenvalue weighted by Crippen LogP contribution is 2.13. The van der Waals surface area contributed by atoms with Crippen LogP contribution in [0.15, 0.2) is 24.3 Å². The standard InChI is InChI=1S/C13H18FNO3/c1-8(2)12(13(17)18)15-7-11(16)9-3-5-10(14)6-4-9/h3-6,8,11-12,15-16H,7H2,1-2H3,(H,17,18). The van der Waals surface area contributed by atoms with Crippen LogP contribution in [-0.2, 0) is 4.79 Å². The molecule has 4 nitrogen and oxygen atoms in total. The summed E-state index contributed by atoms with van der Waals surface area (Å²) in [6.45, 7) is 3.69. The van der Waals surface area contributed by atoms with E-state index in [0.717, 1.165) is 0 Å². The predicted octanol–water partition coefficient (Wildman–Crippen LogP) is 1.56. The zero-order chi connectivity index (χ0) is 13.7. The quantitative estimate of drug-likeness (QED) is 0.721. The molecule has 0 amide bonds. The number of benzene rings is 1. The molecule has 0 aliphatic heterocycles. The number of carbonyl (C=O) groups is 1. The number of nitrogens with one attached hydrogen (secondary N) is 1. The third-order valence-corrected chi connectivity index (χ3v) is 2.72. The highest BCUT2D eigenvalue weighted by molar-refractivity contribution is 5.73. The summed E-state index contributed by atoms with van der Waals surface area (Å²) in [7, 11) is 0. The lowest BCUT2D eigenvalue weighted by molar-refractivity contribution is -0.140. The molecule has 0 aliphatic carbocycles. The van der Waals surface area contributed by atoms with Gasteiger partial charge in [-0.2, -0.15) is 0 Å². The zero-order valence-electron chi connectivity index (χ0n) is 10.4. The topological polar surface area (TPSA) is 69.6 Å². The van der Waals surface area contributed by atoms with Gasteiger partial charge in [-0.1, -0.05) is 26.0 Å². The highest BCUT2D eigenvalue weighted by Gasteiger charge is 2.21. The van der Waals surface area contributed by atoms with Gasteiger partial charge in [0.2, 0.25) is 0 Å². The summed E-state index contributed by atoms with van der Waals surface area (Å²) < 4.78 is 12.7. The average Bonchev–Trinajstić information content (AvgIpc) is 2.28. The van der Waals surface area contributed by atoms with Crippen LogP contribution in [0.5, 0.6) is 0 Å². The molecule has 2 unspecified atom stereocenters. The van der Waals surface area contributed by atoms with Crippen LogP contribution in [0.2, 0.25) is 0 Å². The fourth-order valence-corrected chi connectivity index (χ4v) is 1.65. The van der Waals surface area contributed by atoms with Gasteiger partial charge in [0, 0.05) is 6.54 Å². The van der Waals surface area contributed by atoms with Crippen LogP contribution in [0.1, 0.15) is 25.5 Å². The summed E-state index contributed by atoms with van der Waals surface area (Å²) in [5, 5.41) is 21.6. The number of hydrogen-bond donors (Lipinski definition) is 3. The maximum atomic E-state index is 12.7. The number of rotatable bonds is 6. The average molecular weight is 255 g/mol. The van der Waals surface area contributed by atoms with Gasteiger partial charge in [0.25, 0.3) is 0 Å². The predicted molar refractivity (Wildman–Crippen MR) is 65.6 cm³/mol. The molecule has 18 heavy (non-hydrogen) atoms. The molecule has 1 aromatic carbocycles. The Hall–Kier alpha value is -1.46. The number of hydrogen-bond acceptors (Lipinski definition) is 3. The molecule has 0 fully saturated rings.